The van der Waals surface area contributed by atoms with Gasteiger partial charge in [0.15, 0.2) is 5.82 Å². The SMILES string of the molecule is O=c1[nH]c2nnc(-c3ccc(Cl)cc3)n2c2sccc12. The molecule has 0 fully saturated rings. The largest absolute Gasteiger partial charge is 0.290 e. The number of halogens is 1. The van der Waals surface area contributed by atoms with Crippen molar-refractivity contribution in [2.75, 3.05) is 0 Å². The second-order valence-electron chi connectivity index (χ2n) is 4.28. The Labute approximate surface area is 121 Å². The fourth-order valence-corrected chi connectivity index (χ4v) is 3.18. The van der Waals surface area contributed by atoms with Crippen LogP contribution < -0.4 is 5.56 Å². The average molecular weight is 303 g/mol. The maximum Gasteiger partial charge on any atom is 0.261 e. The van der Waals surface area contributed by atoms with Gasteiger partial charge in [-0.3, -0.25) is 14.2 Å². The molecule has 3 aromatic heterocycles. The summed E-state index contributed by atoms with van der Waals surface area (Å²) in [7, 11) is 0. The van der Waals surface area contributed by atoms with E-state index in [-0.39, 0.29) is 5.56 Å². The quantitative estimate of drug-likeness (QED) is 0.588. The first kappa shape index (κ1) is 11.6. The Balaban J connectivity index is 2.13. The third-order valence-corrected chi connectivity index (χ3v) is 4.23. The van der Waals surface area contributed by atoms with Crippen molar-refractivity contribution in [2.24, 2.45) is 0 Å². The molecule has 98 valence electrons. The molecule has 4 aromatic rings. The molecule has 0 bridgehead atoms. The summed E-state index contributed by atoms with van der Waals surface area (Å²) in [5.41, 5.74) is 0.743. The van der Waals surface area contributed by atoms with E-state index in [1.807, 2.05) is 21.9 Å². The lowest BCUT2D eigenvalue weighted by molar-refractivity contribution is 1.09. The number of aromatic amines is 1. The van der Waals surface area contributed by atoms with Crippen LogP contribution in [0, 0.1) is 0 Å². The van der Waals surface area contributed by atoms with E-state index in [9.17, 15) is 4.79 Å². The Morgan fingerprint density at radius 1 is 1.15 bits per heavy atom. The van der Waals surface area contributed by atoms with Crippen molar-refractivity contribution < 1.29 is 0 Å². The first-order valence-corrected chi connectivity index (χ1v) is 7.10. The monoisotopic (exact) mass is 302 g/mol. The van der Waals surface area contributed by atoms with E-state index >= 15 is 0 Å². The summed E-state index contributed by atoms with van der Waals surface area (Å²) in [5.74, 6) is 1.12. The molecular weight excluding hydrogens is 296 g/mol. The van der Waals surface area contributed by atoms with Gasteiger partial charge in [0.25, 0.3) is 5.56 Å². The molecular formula is C13H7ClN4OS. The van der Waals surface area contributed by atoms with Gasteiger partial charge in [-0.2, -0.15) is 0 Å². The Morgan fingerprint density at radius 3 is 2.75 bits per heavy atom. The highest BCUT2D eigenvalue weighted by Crippen LogP contribution is 2.25. The van der Waals surface area contributed by atoms with Crippen LogP contribution in [-0.4, -0.2) is 19.6 Å². The van der Waals surface area contributed by atoms with Crippen LogP contribution in [0.15, 0.2) is 40.5 Å². The number of rotatable bonds is 1. The van der Waals surface area contributed by atoms with E-state index in [1.54, 1.807) is 18.2 Å². The minimum Gasteiger partial charge on any atom is -0.290 e. The van der Waals surface area contributed by atoms with Crippen LogP contribution >= 0.6 is 22.9 Å². The summed E-state index contributed by atoms with van der Waals surface area (Å²) < 4.78 is 1.85. The molecule has 0 aliphatic heterocycles. The van der Waals surface area contributed by atoms with Crippen molar-refractivity contribution in [3.63, 3.8) is 0 Å². The fraction of sp³-hybridized carbons (Fsp3) is 0. The lowest BCUT2D eigenvalue weighted by atomic mass is 10.2. The highest BCUT2D eigenvalue weighted by Gasteiger charge is 2.14. The van der Waals surface area contributed by atoms with Crippen LogP contribution in [0.1, 0.15) is 0 Å². The third kappa shape index (κ3) is 1.59. The molecule has 7 heteroatoms. The Kier molecular flexibility index (Phi) is 2.42. The molecule has 0 aliphatic rings. The molecule has 0 atom stereocenters. The molecule has 0 saturated carbocycles. The second-order valence-corrected chi connectivity index (χ2v) is 5.61. The average Bonchev–Trinajstić information content (AvgIpc) is 3.05. The number of nitrogens with zero attached hydrogens (tertiary/aromatic N) is 3. The van der Waals surface area contributed by atoms with Gasteiger partial charge >= 0.3 is 0 Å². The van der Waals surface area contributed by atoms with E-state index in [1.165, 1.54) is 11.3 Å². The fourth-order valence-electron chi connectivity index (χ4n) is 2.16. The van der Waals surface area contributed by atoms with Crippen molar-refractivity contribution in [3.8, 4) is 11.4 Å². The van der Waals surface area contributed by atoms with Gasteiger partial charge in [-0.25, -0.2) is 0 Å². The van der Waals surface area contributed by atoms with E-state index in [2.05, 4.69) is 15.2 Å². The Morgan fingerprint density at radius 2 is 1.95 bits per heavy atom. The van der Waals surface area contributed by atoms with E-state index in [0.717, 1.165) is 10.4 Å². The zero-order chi connectivity index (χ0) is 13.7. The number of H-pyrrole nitrogens is 1. The molecule has 1 aromatic carbocycles. The molecule has 1 N–H and O–H groups in total. The predicted molar refractivity (Wildman–Crippen MR) is 79.4 cm³/mol. The Bertz CT molecular complexity index is 983. The summed E-state index contributed by atoms with van der Waals surface area (Å²) in [6.07, 6.45) is 0. The standard InChI is InChI=1S/C13H7ClN4OS/c14-8-3-1-7(2-4-8)10-16-17-13-15-11(19)9-5-6-20-12(9)18(10)13/h1-6H,(H,15,17,19). The minimum atomic E-state index is -0.149. The van der Waals surface area contributed by atoms with Crippen LogP contribution in [0.25, 0.3) is 27.4 Å². The van der Waals surface area contributed by atoms with Crippen molar-refractivity contribution >= 4 is 38.9 Å². The molecule has 4 rings (SSSR count). The summed E-state index contributed by atoms with van der Waals surface area (Å²) in [6.45, 7) is 0. The van der Waals surface area contributed by atoms with Crippen LogP contribution in [0.2, 0.25) is 5.02 Å². The van der Waals surface area contributed by atoms with Gasteiger partial charge in [0.2, 0.25) is 5.78 Å². The van der Waals surface area contributed by atoms with Crippen LogP contribution in [0.4, 0.5) is 0 Å². The van der Waals surface area contributed by atoms with Gasteiger partial charge in [0, 0.05) is 10.6 Å². The molecule has 0 radical (unpaired) electrons. The zero-order valence-electron chi connectivity index (χ0n) is 10.0. The Hall–Kier alpha value is -2.18. The van der Waals surface area contributed by atoms with E-state index in [0.29, 0.717) is 22.0 Å². The number of aromatic nitrogens is 4. The minimum absolute atomic E-state index is 0.149. The molecule has 5 nitrogen and oxygen atoms in total. The van der Waals surface area contributed by atoms with Gasteiger partial charge in [0.1, 0.15) is 4.83 Å². The zero-order valence-corrected chi connectivity index (χ0v) is 11.6. The van der Waals surface area contributed by atoms with Crippen LogP contribution in [-0.2, 0) is 0 Å². The number of nitrogens with one attached hydrogen (secondary N) is 1. The van der Waals surface area contributed by atoms with Gasteiger partial charge in [-0.1, -0.05) is 11.6 Å². The van der Waals surface area contributed by atoms with E-state index in [4.69, 9.17) is 11.6 Å². The summed E-state index contributed by atoms with van der Waals surface area (Å²) in [5, 5.41) is 11.4. The third-order valence-electron chi connectivity index (χ3n) is 3.08. The number of hydrogen-bond acceptors (Lipinski definition) is 4. The number of benzene rings is 1. The second kappa shape index (κ2) is 4.16. The first-order chi connectivity index (χ1) is 9.74. The number of hydrogen-bond donors (Lipinski definition) is 1. The van der Waals surface area contributed by atoms with Crippen LogP contribution in [0.3, 0.4) is 0 Å². The molecule has 0 amide bonds. The lowest BCUT2D eigenvalue weighted by Crippen LogP contribution is -2.08. The van der Waals surface area contributed by atoms with E-state index < -0.39 is 0 Å². The summed E-state index contributed by atoms with van der Waals surface area (Å²) in [6, 6.07) is 9.15. The van der Waals surface area contributed by atoms with Gasteiger partial charge in [0.05, 0.1) is 5.39 Å². The maximum atomic E-state index is 11.9. The van der Waals surface area contributed by atoms with Gasteiger partial charge < -0.3 is 0 Å². The summed E-state index contributed by atoms with van der Waals surface area (Å²) in [4.78, 5) is 15.5. The number of fused-ring (bicyclic) bond motifs is 3. The highest BCUT2D eigenvalue weighted by atomic mass is 35.5. The molecule has 20 heavy (non-hydrogen) atoms. The molecule has 0 spiro atoms. The van der Waals surface area contributed by atoms with Crippen molar-refractivity contribution in [2.45, 2.75) is 0 Å². The molecule has 0 saturated heterocycles. The highest BCUT2D eigenvalue weighted by molar-refractivity contribution is 7.16. The predicted octanol–water partition coefficient (Wildman–Crippen LogP) is 2.95. The van der Waals surface area contributed by atoms with Crippen molar-refractivity contribution in [1.29, 1.82) is 0 Å². The van der Waals surface area contributed by atoms with Gasteiger partial charge in [-0.15, -0.1) is 21.5 Å². The van der Waals surface area contributed by atoms with Crippen LogP contribution in [0.5, 0.6) is 0 Å². The first-order valence-electron chi connectivity index (χ1n) is 5.84. The topological polar surface area (TPSA) is 63.0 Å². The smallest absolute Gasteiger partial charge is 0.261 e. The van der Waals surface area contributed by atoms with Crippen molar-refractivity contribution in [3.05, 3.63) is 51.1 Å². The normalized spacial score (nSPS) is 11.4. The number of thiophene rings is 1. The lowest BCUT2D eigenvalue weighted by Gasteiger charge is -2.01. The van der Waals surface area contributed by atoms with Gasteiger partial charge in [-0.05, 0) is 35.7 Å². The molecule has 0 aliphatic carbocycles. The van der Waals surface area contributed by atoms with Crippen molar-refractivity contribution in [1.82, 2.24) is 19.6 Å². The summed E-state index contributed by atoms with van der Waals surface area (Å²) >= 11 is 7.39. The molecule has 0 unspecified atom stereocenters. The maximum absolute atomic E-state index is 11.9. The molecule has 3 heterocycles.